The maximum atomic E-state index is 9.70. The standard InChI is InChI=1S/C13H26O3/c1-10(2)12-5-4-11(3)8-13(12,9-15)16-7-6-14/h10-12,14-15H,4-9H2,1-3H3/t11-,12+,13-/m1/s1. The zero-order valence-electron chi connectivity index (χ0n) is 10.8. The molecule has 16 heavy (non-hydrogen) atoms. The molecule has 96 valence electrons. The van der Waals surface area contributed by atoms with E-state index in [4.69, 9.17) is 9.84 Å². The van der Waals surface area contributed by atoms with Gasteiger partial charge in [-0.2, -0.15) is 0 Å². The van der Waals surface area contributed by atoms with Crippen LogP contribution >= 0.6 is 0 Å². The van der Waals surface area contributed by atoms with Gasteiger partial charge in [-0.25, -0.2) is 0 Å². The molecule has 0 unspecified atom stereocenters. The van der Waals surface area contributed by atoms with Gasteiger partial charge in [-0.1, -0.05) is 27.2 Å². The van der Waals surface area contributed by atoms with Gasteiger partial charge in [0.1, 0.15) is 0 Å². The van der Waals surface area contributed by atoms with Gasteiger partial charge in [0.2, 0.25) is 0 Å². The molecule has 2 N–H and O–H groups in total. The van der Waals surface area contributed by atoms with Crippen LogP contribution in [0, 0.1) is 17.8 Å². The van der Waals surface area contributed by atoms with Crippen molar-refractivity contribution in [3.8, 4) is 0 Å². The number of ether oxygens (including phenoxy) is 1. The molecule has 0 radical (unpaired) electrons. The van der Waals surface area contributed by atoms with Crippen molar-refractivity contribution in [3.05, 3.63) is 0 Å². The van der Waals surface area contributed by atoms with Crippen molar-refractivity contribution in [2.24, 2.45) is 17.8 Å². The van der Waals surface area contributed by atoms with Crippen LogP contribution in [0.25, 0.3) is 0 Å². The lowest BCUT2D eigenvalue weighted by Crippen LogP contribution is -2.51. The first-order valence-electron chi connectivity index (χ1n) is 6.41. The van der Waals surface area contributed by atoms with Gasteiger partial charge in [0.05, 0.1) is 25.4 Å². The zero-order valence-corrected chi connectivity index (χ0v) is 10.8. The highest BCUT2D eigenvalue weighted by molar-refractivity contribution is 4.94. The lowest BCUT2D eigenvalue weighted by atomic mass is 9.67. The molecule has 0 aromatic carbocycles. The van der Waals surface area contributed by atoms with E-state index in [-0.39, 0.29) is 13.2 Å². The van der Waals surface area contributed by atoms with Crippen molar-refractivity contribution in [1.82, 2.24) is 0 Å². The van der Waals surface area contributed by atoms with Crippen LogP contribution in [0.1, 0.15) is 40.0 Å². The smallest absolute Gasteiger partial charge is 0.0946 e. The highest BCUT2D eigenvalue weighted by atomic mass is 16.5. The van der Waals surface area contributed by atoms with Crippen molar-refractivity contribution in [2.45, 2.75) is 45.6 Å². The Morgan fingerprint density at radius 1 is 1.31 bits per heavy atom. The van der Waals surface area contributed by atoms with E-state index >= 15 is 0 Å². The normalized spacial score (nSPS) is 35.6. The van der Waals surface area contributed by atoms with E-state index in [9.17, 15) is 5.11 Å². The van der Waals surface area contributed by atoms with Crippen molar-refractivity contribution < 1.29 is 14.9 Å². The summed E-state index contributed by atoms with van der Waals surface area (Å²) in [5, 5.41) is 18.6. The van der Waals surface area contributed by atoms with E-state index in [1.54, 1.807) is 0 Å². The van der Waals surface area contributed by atoms with Crippen LogP contribution in [-0.2, 0) is 4.74 Å². The van der Waals surface area contributed by atoms with Gasteiger partial charge in [0.25, 0.3) is 0 Å². The third kappa shape index (κ3) is 2.96. The summed E-state index contributed by atoms with van der Waals surface area (Å²) in [7, 11) is 0. The lowest BCUT2D eigenvalue weighted by molar-refractivity contribution is -0.160. The first-order valence-corrected chi connectivity index (χ1v) is 6.41. The number of rotatable bonds is 5. The second-order valence-electron chi connectivity index (χ2n) is 5.53. The molecular weight excluding hydrogens is 204 g/mol. The molecule has 1 aliphatic rings. The Kier molecular flexibility index (Phi) is 5.22. The first-order chi connectivity index (χ1) is 7.55. The maximum absolute atomic E-state index is 9.70. The van der Waals surface area contributed by atoms with Crippen LogP contribution in [0.5, 0.6) is 0 Å². The van der Waals surface area contributed by atoms with Crippen molar-refractivity contribution in [2.75, 3.05) is 19.8 Å². The SMILES string of the molecule is CC(C)[C@@H]1CC[C@@H](C)C[C@]1(CO)OCCO. The van der Waals surface area contributed by atoms with Gasteiger partial charge in [-0.15, -0.1) is 0 Å². The van der Waals surface area contributed by atoms with Gasteiger partial charge in [-0.05, 0) is 30.6 Å². The highest BCUT2D eigenvalue weighted by Crippen LogP contribution is 2.43. The van der Waals surface area contributed by atoms with Gasteiger partial charge in [0, 0.05) is 0 Å². The van der Waals surface area contributed by atoms with Gasteiger partial charge in [-0.3, -0.25) is 0 Å². The Labute approximate surface area is 98.8 Å². The average Bonchev–Trinajstić information content (AvgIpc) is 2.25. The predicted octanol–water partition coefficient (Wildman–Crippen LogP) is 1.82. The Balaban J connectivity index is 2.79. The molecule has 3 atom stereocenters. The molecule has 0 amide bonds. The second-order valence-corrected chi connectivity index (χ2v) is 5.53. The van der Waals surface area contributed by atoms with E-state index in [1.165, 1.54) is 6.42 Å². The number of hydrogen-bond donors (Lipinski definition) is 2. The molecule has 0 aromatic heterocycles. The fraction of sp³-hybridized carbons (Fsp3) is 1.00. The quantitative estimate of drug-likeness (QED) is 0.757. The molecule has 1 rings (SSSR count). The summed E-state index contributed by atoms with van der Waals surface area (Å²) in [4.78, 5) is 0. The van der Waals surface area contributed by atoms with Crippen LogP contribution in [-0.4, -0.2) is 35.6 Å². The fourth-order valence-corrected chi connectivity index (χ4v) is 3.15. The Morgan fingerprint density at radius 3 is 2.50 bits per heavy atom. The average molecular weight is 230 g/mol. The molecule has 3 heteroatoms. The first kappa shape index (κ1) is 13.9. The minimum absolute atomic E-state index is 0.0287. The summed E-state index contributed by atoms with van der Waals surface area (Å²) in [5.41, 5.74) is -0.422. The molecule has 0 heterocycles. The molecular formula is C13H26O3. The van der Waals surface area contributed by atoms with Gasteiger partial charge >= 0.3 is 0 Å². The Hall–Kier alpha value is -0.120. The van der Waals surface area contributed by atoms with Crippen molar-refractivity contribution >= 4 is 0 Å². The maximum Gasteiger partial charge on any atom is 0.0946 e. The summed E-state index contributed by atoms with van der Waals surface area (Å²) in [6.45, 7) is 7.02. The number of aliphatic hydroxyl groups is 2. The van der Waals surface area contributed by atoms with Gasteiger partial charge in [0.15, 0.2) is 0 Å². The minimum atomic E-state index is -0.422. The van der Waals surface area contributed by atoms with Gasteiger partial charge < -0.3 is 14.9 Å². The zero-order chi connectivity index (χ0) is 12.2. The predicted molar refractivity (Wildman–Crippen MR) is 64.2 cm³/mol. The highest BCUT2D eigenvalue weighted by Gasteiger charge is 2.44. The third-order valence-corrected chi connectivity index (χ3v) is 3.89. The van der Waals surface area contributed by atoms with Crippen LogP contribution in [0.15, 0.2) is 0 Å². The summed E-state index contributed by atoms with van der Waals surface area (Å²) in [6.07, 6.45) is 3.24. The monoisotopic (exact) mass is 230 g/mol. The summed E-state index contributed by atoms with van der Waals surface area (Å²) in [5.74, 6) is 1.51. The van der Waals surface area contributed by atoms with Crippen LogP contribution < -0.4 is 0 Å². The van der Waals surface area contributed by atoms with Crippen LogP contribution in [0.4, 0.5) is 0 Å². The van der Waals surface area contributed by atoms with Crippen molar-refractivity contribution in [1.29, 1.82) is 0 Å². The van der Waals surface area contributed by atoms with E-state index in [0.29, 0.717) is 24.4 Å². The molecule has 0 saturated heterocycles. The number of aliphatic hydroxyl groups excluding tert-OH is 2. The van der Waals surface area contributed by atoms with Crippen LogP contribution in [0.3, 0.4) is 0 Å². The lowest BCUT2D eigenvalue weighted by Gasteiger charge is -2.47. The Bertz CT molecular complexity index is 205. The molecule has 0 spiro atoms. The van der Waals surface area contributed by atoms with Crippen LogP contribution in [0.2, 0.25) is 0 Å². The van der Waals surface area contributed by atoms with Crippen molar-refractivity contribution in [3.63, 3.8) is 0 Å². The number of hydrogen-bond acceptors (Lipinski definition) is 3. The van der Waals surface area contributed by atoms with E-state index in [0.717, 1.165) is 12.8 Å². The molecule has 0 aliphatic heterocycles. The summed E-state index contributed by atoms with van der Waals surface area (Å²) >= 11 is 0. The summed E-state index contributed by atoms with van der Waals surface area (Å²) in [6, 6.07) is 0. The molecule has 1 fully saturated rings. The molecule has 3 nitrogen and oxygen atoms in total. The molecule has 1 saturated carbocycles. The minimum Gasteiger partial charge on any atom is -0.394 e. The second kappa shape index (κ2) is 5.99. The van der Waals surface area contributed by atoms with E-state index in [1.807, 2.05) is 0 Å². The Morgan fingerprint density at radius 2 is 2.00 bits per heavy atom. The summed E-state index contributed by atoms with van der Waals surface area (Å²) < 4.78 is 5.81. The fourth-order valence-electron chi connectivity index (χ4n) is 3.15. The molecule has 1 aliphatic carbocycles. The molecule has 0 bridgehead atoms. The van der Waals surface area contributed by atoms with E-state index < -0.39 is 5.60 Å². The van der Waals surface area contributed by atoms with E-state index in [2.05, 4.69) is 20.8 Å². The molecule has 0 aromatic rings. The third-order valence-electron chi connectivity index (χ3n) is 3.89. The topological polar surface area (TPSA) is 49.7 Å². The largest absolute Gasteiger partial charge is 0.394 e.